The fourth-order valence-electron chi connectivity index (χ4n) is 2.61. The lowest BCUT2D eigenvalue weighted by Gasteiger charge is -2.15. The minimum atomic E-state index is 0.0513. The third-order valence-electron chi connectivity index (χ3n) is 3.70. The van der Waals surface area contributed by atoms with Crippen molar-refractivity contribution in [2.45, 2.75) is 26.9 Å². The fraction of sp³-hybridized carbons (Fsp3) is 0.200. The molecule has 0 saturated carbocycles. The molecule has 0 radical (unpaired) electrons. The van der Waals surface area contributed by atoms with Gasteiger partial charge in [-0.3, -0.25) is 0 Å². The van der Waals surface area contributed by atoms with E-state index >= 15 is 0 Å². The minimum Gasteiger partial charge on any atom is -0.489 e. The second kappa shape index (κ2) is 7.96. The molecule has 0 amide bonds. The number of ether oxygens (including phenoxy) is 1. The molecule has 0 fully saturated rings. The summed E-state index contributed by atoms with van der Waals surface area (Å²) in [5.74, 6) is 1.36. The van der Waals surface area contributed by atoms with E-state index in [9.17, 15) is 5.26 Å². The number of hydrogen-bond acceptors (Lipinski definition) is 3. The Balaban J connectivity index is 2.12. The van der Waals surface area contributed by atoms with Crippen LogP contribution in [0.3, 0.4) is 0 Å². The van der Waals surface area contributed by atoms with Crippen LogP contribution in [0, 0.1) is 25.4 Å². The van der Waals surface area contributed by atoms with Crippen LogP contribution in [0.1, 0.15) is 30.8 Å². The summed E-state index contributed by atoms with van der Waals surface area (Å²) in [6.07, 6.45) is 1.89. The van der Waals surface area contributed by atoms with Gasteiger partial charge >= 0.3 is 0 Å². The van der Waals surface area contributed by atoms with Crippen molar-refractivity contribution >= 4 is 67.9 Å². The topological polar surface area (TPSA) is 61.7 Å². The van der Waals surface area contributed by atoms with E-state index in [1.165, 1.54) is 0 Å². The predicted octanol–water partition coefficient (Wildman–Crippen LogP) is 5.93. The molecule has 3 rings (SSSR count). The molecular formula is C20H17I2N3O. The lowest BCUT2D eigenvalue weighted by molar-refractivity contribution is 0.240. The van der Waals surface area contributed by atoms with Crippen LogP contribution >= 0.6 is 45.2 Å². The van der Waals surface area contributed by atoms with Crippen LogP contribution in [0.2, 0.25) is 0 Å². The minimum absolute atomic E-state index is 0.0513. The maximum absolute atomic E-state index is 9.71. The molecule has 0 atom stereocenters. The summed E-state index contributed by atoms with van der Waals surface area (Å²) in [5, 5.41) is 9.71. The van der Waals surface area contributed by atoms with Crippen LogP contribution < -0.4 is 4.74 Å². The molecule has 0 spiro atoms. The number of allylic oxidation sites excluding steroid dienone is 1. The number of hydrogen-bond donors (Lipinski definition) is 1. The molecule has 4 nitrogen and oxygen atoms in total. The van der Waals surface area contributed by atoms with Crippen LogP contribution in [0.15, 0.2) is 30.3 Å². The molecule has 1 N–H and O–H groups in total. The zero-order valence-electron chi connectivity index (χ0n) is 14.6. The van der Waals surface area contributed by atoms with Gasteiger partial charge in [0.1, 0.15) is 17.6 Å². The number of aryl methyl sites for hydroxylation is 1. The number of aromatic nitrogens is 2. The SMILES string of the molecule is Cc1ccc2nc(/C(C#N)=C/c3cc(I)cc(I)c3OC(C)C)[nH]c2c1. The van der Waals surface area contributed by atoms with E-state index in [1.54, 1.807) is 0 Å². The van der Waals surface area contributed by atoms with Crippen molar-refractivity contribution in [1.29, 1.82) is 5.26 Å². The number of H-pyrrole nitrogens is 1. The van der Waals surface area contributed by atoms with E-state index in [4.69, 9.17) is 4.74 Å². The van der Waals surface area contributed by atoms with Crippen molar-refractivity contribution in [3.05, 3.63) is 54.4 Å². The average Bonchev–Trinajstić information content (AvgIpc) is 2.98. The Kier molecular flexibility index (Phi) is 5.87. The van der Waals surface area contributed by atoms with Crippen LogP contribution in [-0.2, 0) is 0 Å². The lowest BCUT2D eigenvalue weighted by atomic mass is 10.1. The number of nitrogens with zero attached hydrogens (tertiary/aromatic N) is 2. The first kappa shape index (κ1) is 19.2. The van der Waals surface area contributed by atoms with E-state index in [-0.39, 0.29) is 6.10 Å². The first-order valence-corrected chi connectivity index (χ1v) is 10.3. The highest BCUT2D eigenvalue weighted by Gasteiger charge is 2.14. The van der Waals surface area contributed by atoms with Gasteiger partial charge < -0.3 is 9.72 Å². The second-order valence-corrected chi connectivity index (χ2v) is 8.66. The highest BCUT2D eigenvalue weighted by atomic mass is 127. The summed E-state index contributed by atoms with van der Waals surface area (Å²) >= 11 is 4.54. The molecule has 0 aliphatic heterocycles. The van der Waals surface area contributed by atoms with E-state index in [0.29, 0.717) is 11.4 Å². The van der Waals surface area contributed by atoms with Gasteiger partial charge in [-0.05, 0) is 102 Å². The molecule has 2 aromatic carbocycles. The van der Waals surface area contributed by atoms with Gasteiger partial charge in [0.25, 0.3) is 0 Å². The zero-order valence-corrected chi connectivity index (χ0v) is 18.9. The standard InChI is InChI=1S/C20H17I2N3O/c1-11(2)26-19-13(8-15(21)9-16(19)22)7-14(10-23)20-24-17-5-4-12(3)6-18(17)25-20/h4-9,11H,1-3H3,(H,24,25)/b14-7+. The van der Waals surface area contributed by atoms with Crippen molar-refractivity contribution < 1.29 is 4.74 Å². The Morgan fingerprint density at radius 2 is 2.04 bits per heavy atom. The quantitative estimate of drug-likeness (QED) is 0.313. The molecule has 1 aromatic heterocycles. The van der Waals surface area contributed by atoms with Crippen molar-refractivity contribution in [3.8, 4) is 11.8 Å². The van der Waals surface area contributed by atoms with Crippen molar-refractivity contribution in [1.82, 2.24) is 9.97 Å². The highest BCUT2D eigenvalue weighted by molar-refractivity contribution is 14.1. The molecule has 3 aromatic rings. The van der Waals surface area contributed by atoms with Crippen LogP contribution in [0.5, 0.6) is 5.75 Å². The van der Waals surface area contributed by atoms with Gasteiger partial charge in [0.05, 0.1) is 26.3 Å². The molecule has 0 saturated heterocycles. The molecule has 6 heteroatoms. The Hall–Kier alpha value is -1.60. The highest BCUT2D eigenvalue weighted by Crippen LogP contribution is 2.32. The third kappa shape index (κ3) is 4.20. The van der Waals surface area contributed by atoms with E-state index in [2.05, 4.69) is 67.3 Å². The predicted molar refractivity (Wildman–Crippen MR) is 122 cm³/mol. The molecule has 0 bridgehead atoms. The third-order valence-corrected chi connectivity index (χ3v) is 5.13. The Bertz CT molecular complexity index is 1050. The van der Waals surface area contributed by atoms with Crippen molar-refractivity contribution in [3.63, 3.8) is 0 Å². The summed E-state index contributed by atoms with van der Waals surface area (Å²) in [6, 6.07) is 12.4. The van der Waals surface area contributed by atoms with E-state index in [0.717, 1.165) is 35.1 Å². The Morgan fingerprint density at radius 1 is 1.27 bits per heavy atom. The maximum Gasteiger partial charge on any atom is 0.149 e. The van der Waals surface area contributed by atoms with E-state index < -0.39 is 0 Å². The van der Waals surface area contributed by atoms with Crippen LogP contribution in [-0.4, -0.2) is 16.1 Å². The summed E-state index contributed by atoms with van der Waals surface area (Å²) in [7, 11) is 0. The Labute approximate surface area is 179 Å². The first-order valence-electron chi connectivity index (χ1n) is 8.11. The number of imidazole rings is 1. The molecule has 1 heterocycles. The molecule has 26 heavy (non-hydrogen) atoms. The number of benzene rings is 2. The normalized spacial score (nSPS) is 11.8. The Morgan fingerprint density at radius 3 is 2.73 bits per heavy atom. The number of nitriles is 1. The van der Waals surface area contributed by atoms with Gasteiger partial charge in [-0.1, -0.05) is 6.07 Å². The van der Waals surface area contributed by atoms with Crippen molar-refractivity contribution in [2.24, 2.45) is 0 Å². The van der Waals surface area contributed by atoms with Crippen molar-refractivity contribution in [2.75, 3.05) is 0 Å². The van der Waals surface area contributed by atoms with Gasteiger partial charge in [-0.25, -0.2) is 4.98 Å². The largest absolute Gasteiger partial charge is 0.489 e. The summed E-state index contributed by atoms with van der Waals surface area (Å²) in [4.78, 5) is 7.82. The lowest BCUT2D eigenvalue weighted by Crippen LogP contribution is -2.08. The first-order chi connectivity index (χ1) is 12.4. The fourth-order valence-corrected chi connectivity index (χ4v) is 4.62. The average molecular weight is 569 g/mol. The number of fused-ring (bicyclic) bond motifs is 1. The van der Waals surface area contributed by atoms with Gasteiger partial charge in [0, 0.05) is 9.13 Å². The van der Waals surface area contributed by atoms with Gasteiger partial charge in [0.15, 0.2) is 0 Å². The number of rotatable bonds is 4. The molecule has 0 aliphatic rings. The number of aromatic amines is 1. The van der Waals surface area contributed by atoms with Crippen LogP contribution in [0.4, 0.5) is 0 Å². The molecular weight excluding hydrogens is 552 g/mol. The molecule has 0 aliphatic carbocycles. The van der Waals surface area contributed by atoms with Gasteiger partial charge in [0.2, 0.25) is 0 Å². The molecule has 0 unspecified atom stereocenters. The zero-order chi connectivity index (χ0) is 18.8. The summed E-state index contributed by atoms with van der Waals surface area (Å²) in [6.45, 7) is 6.02. The maximum atomic E-state index is 9.71. The number of nitrogens with one attached hydrogen (secondary N) is 1. The smallest absolute Gasteiger partial charge is 0.149 e. The van der Waals surface area contributed by atoms with Gasteiger partial charge in [-0.2, -0.15) is 5.26 Å². The monoisotopic (exact) mass is 569 g/mol. The van der Waals surface area contributed by atoms with Gasteiger partial charge in [-0.15, -0.1) is 0 Å². The number of halogens is 2. The molecule has 132 valence electrons. The second-order valence-electron chi connectivity index (χ2n) is 6.25. The summed E-state index contributed by atoms with van der Waals surface area (Å²) in [5.41, 5.74) is 4.28. The summed E-state index contributed by atoms with van der Waals surface area (Å²) < 4.78 is 8.10. The van der Waals surface area contributed by atoms with Crippen LogP contribution in [0.25, 0.3) is 22.7 Å². The van der Waals surface area contributed by atoms with E-state index in [1.807, 2.05) is 51.1 Å².